The number of carbonyl (C=O) groups excluding carboxylic acids is 2. The minimum atomic E-state index is -0.128. The van der Waals surface area contributed by atoms with Crippen LogP contribution >= 0.6 is 27.3 Å². The van der Waals surface area contributed by atoms with Gasteiger partial charge in [0.2, 0.25) is 11.7 Å². The van der Waals surface area contributed by atoms with Crippen LogP contribution in [0.25, 0.3) is 0 Å². The molecule has 1 heterocycles. The minimum Gasteiger partial charge on any atom is -0.326 e. The lowest BCUT2D eigenvalue weighted by atomic mass is 10.1. The number of anilines is 1. The van der Waals surface area contributed by atoms with Crippen LogP contribution in [-0.4, -0.2) is 11.7 Å². The molecule has 0 bridgehead atoms. The maximum Gasteiger partial charge on any atom is 0.221 e. The first kappa shape index (κ1) is 13.0. The van der Waals surface area contributed by atoms with Gasteiger partial charge in [-0.3, -0.25) is 9.59 Å². The monoisotopic (exact) mass is 323 g/mol. The third kappa shape index (κ3) is 3.05. The van der Waals surface area contributed by atoms with Crippen LogP contribution in [0.5, 0.6) is 0 Å². The second-order valence-electron chi connectivity index (χ2n) is 3.69. The van der Waals surface area contributed by atoms with Gasteiger partial charge in [-0.05, 0) is 52.3 Å². The second-order valence-corrected chi connectivity index (χ2v) is 6.15. The molecule has 2 rings (SSSR count). The van der Waals surface area contributed by atoms with E-state index in [1.54, 1.807) is 30.3 Å². The molecule has 0 unspecified atom stereocenters. The second kappa shape index (κ2) is 5.46. The van der Waals surface area contributed by atoms with Crippen molar-refractivity contribution in [3.05, 3.63) is 50.6 Å². The van der Waals surface area contributed by atoms with Crippen molar-refractivity contribution in [2.24, 2.45) is 0 Å². The Morgan fingerprint density at radius 3 is 2.28 bits per heavy atom. The largest absolute Gasteiger partial charge is 0.326 e. The van der Waals surface area contributed by atoms with Gasteiger partial charge in [0.15, 0.2) is 0 Å². The van der Waals surface area contributed by atoms with E-state index in [0.717, 1.165) is 3.79 Å². The highest BCUT2D eigenvalue weighted by molar-refractivity contribution is 9.11. The summed E-state index contributed by atoms with van der Waals surface area (Å²) in [5.41, 5.74) is 1.30. The van der Waals surface area contributed by atoms with Crippen LogP contribution in [0, 0.1) is 0 Å². The first-order chi connectivity index (χ1) is 8.56. The minimum absolute atomic E-state index is 0.0138. The molecule has 1 amide bonds. The standard InChI is InChI=1S/C13H10BrNO2S/c1-8(16)15-10-4-2-9(3-5-10)13(17)11-6-7-12(14)18-11/h2-7H,1H3,(H,15,16). The predicted molar refractivity (Wildman–Crippen MR) is 76.2 cm³/mol. The number of amides is 1. The molecule has 1 aromatic carbocycles. The van der Waals surface area contributed by atoms with Gasteiger partial charge in [-0.1, -0.05) is 0 Å². The maximum absolute atomic E-state index is 12.1. The molecule has 5 heteroatoms. The zero-order valence-electron chi connectivity index (χ0n) is 9.57. The molecule has 0 atom stereocenters. The number of nitrogens with one attached hydrogen (secondary N) is 1. The fourth-order valence-corrected chi connectivity index (χ4v) is 2.83. The smallest absolute Gasteiger partial charge is 0.221 e. The van der Waals surface area contributed by atoms with Crippen molar-refractivity contribution >= 4 is 44.6 Å². The first-order valence-electron chi connectivity index (χ1n) is 5.24. The fourth-order valence-electron chi connectivity index (χ4n) is 1.49. The van der Waals surface area contributed by atoms with Gasteiger partial charge in [-0.2, -0.15) is 0 Å². The van der Waals surface area contributed by atoms with Crippen molar-refractivity contribution in [3.63, 3.8) is 0 Å². The molecule has 0 aliphatic carbocycles. The third-order valence-corrected chi connectivity index (χ3v) is 3.89. The molecule has 18 heavy (non-hydrogen) atoms. The first-order valence-corrected chi connectivity index (χ1v) is 6.85. The molecule has 0 saturated heterocycles. The molecule has 0 fully saturated rings. The van der Waals surface area contributed by atoms with E-state index in [0.29, 0.717) is 16.1 Å². The molecule has 1 aromatic heterocycles. The lowest BCUT2D eigenvalue weighted by molar-refractivity contribution is -0.114. The van der Waals surface area contributed by atoms with Crippen LogP contribution in [0.4, 0.5) is 5.69 Å². The van der Waals surface area contributed by atoms with E-state index >= 15 is 0 Å². The molecular formula is C13H10BrNO2S. The van der Waals surface area contributed by atoms with E-state index in [9.17, 15) is 9.59 Å². The number of hydrogen-bond acceptors (Lipinski definition) is 3. The highest BCUT2D eigenvalue weighted by Crippen LogP contribution is 2.24. The summed E-state index contributed by atoms with van der Waals surface area (Å²) in [6, 6.07) is 10.5. The highest BCUT2D eigenvalue weighted by Gasteiger charge is 2.11. The van der Waals surface area contributed by atoms with Gasteiger partial charge in [0.25, 0.3) is 0 Å². The molecular weight excluding hydrogens is 314 g/mol. The van der Waals surface area contributed by atoms with E-state index in [2.05, 4.69) is 21.2 Å². The van der Waals surface area contributed by atoms with Crippen LogP contribution in [0.3, 0.4) is 0 Å². The third-order valence-electron chi connectivity index (χ3n) is 2.26. The summed E-state index contributed by atoms with van der Waals surface area (Å²) < 4.78 is 0.931. The van der Waals surface area contributed by atoms with E-state index in [1.807, 2.05) is 6.07 Å². The Balaban J connectivity index is 2.19. The average Bonchev–Trinajstić information content (AvgIpc) is 2.75. The Morgan fingerprint density at radius 1 is 1.11 bits per heavy atom. The Bertz CT molecular complexity index is 589. The zero-order valence-corrected chi connectivity index (χ0v) is 12.0. The predicted octanol–water partition coefficient (Wildman–Crippen LogP) is 3.70. The summed E-state index contributed by atoms with van der Waals surface area (Å²) in [4.78, 5) is 23.7. The fraction of sp³-hybridized carbons (Fsp3) is 0.0769. The number of benzene rings is 1. The number of ketones is 1. The highest BCUT2D eigenvalue weighted by atomic mass is 79.9. The van der Waals surface area contributed by atoms with Gasteiger partial charge in [0.05, 0.1) is 8.66 Å². The van der Waals surface area contributed by atoms with Crippen molar-refractivity contribution in [3.8, 4) is 0 Å². The van der Waals surface area contributed by atoms with Crippen molar-refractivity contribution in [2.75, 3.05) is 5.32 Å². The quantitative estimate of drug-likeness (QED) is 0.875. The van der Waals surface area contributed by atoms with Crippen LogP contribution in [0.15, 0.2) is 40.2 Å². The number of thiophene rings is 1. The maximum atomic E-state index is 12.1. The molecule has 2 aromatic rings. The van der Waals surface area contributed by atoms with Crippen molar-refractivity contribution in [1.29, 1.82) is 0 Å². The summed E-state index contributed by atoms with van der Waals surface area (Å²) in [6.07, 6.45) is 0. The molecule has 0 radical (unpaired) electrons. The van der Waals surface area contributed by atoms with E-state index < -0.39 is 0 Å². The molecule has 0 spiro atoms. The topological polar surface area (TPSA) is 46.2 Å². The van der Waals surface area contributed by atoms with E-state index in [1.165, 1.54) is 18.3 Å². The molecule has 3 nitrogen and oxygen atoms in total. The van der Waals surface area contributed by atoms with Gasteiger partial charge >= 0.3 is 0 Å². The van der Waals surface area contributed by atoms with E-state index in [-0.39, 0.29) is 11.7 Å². The molecule has 1 N–H and O–H groups in total. The van der Waals surface area contributed by atoms with Crippen molar-refractivity contribution in [1.82, 2.24) is 0 Å². The number of halogens is 1. The summed E-state index contributed by atoms with van der Waals surface area (Å²) in [5.74, 6) is -0.142. The Kier molecular flexibility index (Phi) is 3.93. The summed E-state index contributed by atoms with van der Waals surface area (Å²) in [7, 11) is 0. The Hall–Kier alpha value is -1.46. The van der Waals surface area contributed by atoms with Crippen molar-refractivity contribution in [2.45, 2.75) is 6.92 Å². The number of hydrogen-bond donors (Lipinski definition) is 1. The zero-order chi connectivity index (χ0) is 13.1. The SMILES string of the molecule is CC(=O)Nc1ccc(C(=O)c2ccc(Br)s2)cc1. The van der Waals surface area contributed by atoms with E-state index in [4.69, 9.17) is 0 Å². The summed E-state index contributed by atoms with van der Waals surface area (Å²) in [5, 5.41) is 2.66. The van der Waals surface area contributed by atoms with Crippen LogP contribution in [-0.2, 0) is 4.79 Å². The van der Waals surface area contributed by atoms with Gasteiger partial charge in [0, 0.05) is 18.2 Å². The molecule has 0 aliphatic heterocycles. The van der Waals surface area contributed by atoms with Crippen LogP contribution in [0.2, 0.25) is 0 Å². The van der Waals surface area contributed by atoms with Crippen molar-refractivity contribution < 1.29 is 9.59 Å². The average molecular weight is 324 g/mol. The van der Waals surface area contributed by atoms with Gasteiger partial charge in [0.1, 0.15) is 0 Å². The van der Waals surface area contributed by atoms with Crippen LogP contribution < -0.4 is 5.32 Å². The Morgan fingerprint density at radius 2 is 1.78 bits per heavy atom. The molecule has 0 aliphatic rings. The van der Waals surface area contributed by atoms with Gasteiger partial charge in [-0.25, -0.2) is 0 Å². The number of carbonyl (C=O) groups is 2. The number of rotatable bonds is 3. The van der Waals surface area contributed by atoms with Gasteiger partial charge < -0.3 is 5.32 Å². The lowest BCUT2D eigenvalue weighted by Crippen LogP contribution is -2.06. The summed E-state index contributed by atoms with van der Waals surface area (Å²) >= 11 is 4.73. The molecule has 92 valence electrons. The molecule has 0 saturated carbocycles. The van der Waals surface area contributed by atoms with Gasteiger partial charge in [-0.15, -0.1) is 11.3 Å². The van der Waals surface area contributed by atoms with Crippen LogP contribution in [0.1, 0.15) is 22.2 Å². The summed E-state index contributed by atoms with van der Waals surface area (Å²) in [6.45, 7) is 1.45. The normalized spacial score (nSPS) is 10.1. The Labute approximate surface area is 117 Å². The lowest BCUT2D eigenvalue weighted by Gasteiger charge is -2.03.